The van der Waals surface area contributed by atoms with Gasteiger partial charge in [0.1, 0.15) is 11.2 Å². The number of anilines is 1. The Bertz CT molecular complexity index is 1360. The molecular weight excluding hydrogens is 556 g/mol. The standard InChI is InChI=1S/C30H34Cl2FN3O4/c1-28(2)8-10-29(11-9-28)30(20-7-6-16(31)12-22(20)35-27(30)39)23(19-4-3-5-21(32)24(19)33)25(36-29)26(38)34-17-13-18(37)15-40-14-17/h3-7,12,17-18,23,25,36-37H,8-11,13-15H2,1-2H3,(H,34,38)(H,35,39)/t17-,18+,23+,25-,30-/m1/s1. The van der Waals surface area contributed by atoms with Crippen LogP contribution >= 0.6 is 23.2 Å². The highest BCUT2D eigenvalue weighted by Crippen LogP contribution is 2.64. The summed E-state index contributed by atoms with van der Waals surface area (Å²) in [6, 6.07) is 8.65. The maximum atomic E-state index is 16.0. The zero-order valence-electron chi connectivity index (χ0n) is 22.5. The van der Waals surface area contributed by atoms with E-state index < -0.39 is 40.9 Å². The number of nitrogens with one attached hydrogen (secondary N) is 3. The number of aliphatic hydroxyl groups excluding tert-OH is 1. The molecule has 0 radical (unpaired) electrons. The monoisotopic (exact) mass is 589 g/mol. The van der Waals surface area contributed by atoms with Gasteiger partial charge in [0.25, 0.3) is 0 Å². The first kappa shape index (κ1) is 27.9. The van der Waals surface area contributed by atoms with Gasteiger partial charge in [0, 0.05) is 22.2 Å². The average Bonchev–Trinajstić information content (AvgIpc) is 3.35. The van der Waals surface area contributed by atoms with Crippen molar-refractivity contribution in [1.29, 1.82) is 0 Å². The van der Waals surface area contributed by atoms with Gasteiger partial charge < -0.3 is 20.5 Å². The summed E-state index contributed by atoms with van der Waals surface area (Å²) in [5.41, 5.74) is -0.612. The molecule has 2 saturated heterocycles. The predicted molar refractivity (Wildman–Crippen MR) is 151 cm³/mol. The SMILES string of the molecule is CC1(C)CCC2(CC1)N[C@@H](C(=O)N[C@H]1COC[C@@H](O)C1)[C@H](c1cccc(Cl)c1F)[C@]21C(=O)Nc2cc(Cl)ccc21. The number of fused-ring (bicyclic) bond motifs is 3. The summed E-state index contributed by atoms with van der Waals surface area (Å²) in [6.07, 6.45) is 2.53. The fourth-order valence-electron chi connectivity index (χ4n) is 7.62. The second-order valence-corrected chi connectivity index (χ2v) is 13.4. The molecule has 40 heavy (non-hydrogen) atoms. The first-order valence-corrected chi connectivity index (χ1v) is 14.6. The first-order chi connectivity index (χ1) is 19.0. The van der Waals surface area contributed by atoms with E-state index in [1.54, 1.807) is 24.3 Å². The van der Waals surface area contributed by atoms with Gasteiger partial charge in [-0.05, 0) is 66.8 Å². The molecule has 3 fully saturated rings. The molecule has 0 unspecified atom stereocenters. The van der Waals surface area contributed by atoms with Crippen molar-refractivity contribution >= 4 is 40.7 Å². The molecule has 5 atom stereocenters. The van der Waals surface area contributed by atoms with Crippen molar-refractivity contribution in [3.63, 3.8) is 0 Å². The van der Waals surface area contributed by atoms with E-state index >= 15 is 4.39 Å². The van der Waals surface area contributed by atoms with Gasteiger partial charge in [-0.25, -0.2) is 4.39 Å². The number of benzene rings is 2. The summed E-state index contributed by atoms with van der Waals surface area (Å²) in [5.74, 6) is -2.21. The molecule has 7 nitrogen and oxygen atoms in total. The minimum Gasteiger partial charge on any atom is -0.391 e. The second kappa shape index (κ2) is 9.95. The van der Waals surface area contributed by atoms with E-state index in [4.69, 9.17) is 27.9 Å². The number of carbonyl (C=O) groups is 2. The number of rotatable bonds is 3. The third-order valence-corrected chi connectivity index (χ3v) is 10.1. The Balaban J connectivity index is 1.55. The molecule has 10 heteroatoms. The molecule has 4 aliphatic rings. The molecule has 3 heterocycles. The number of hydrogen-bond donors (Lipinski definition) is 4. The van der Waals surface area contributed by atoms with Gasteiger partial charge >= 0.3 is 0 Å². The van der Waals surface area contributed by atoms with E-state index in [1.807, 2.05) is 6.07 Å². The van der Waals surface area contributed by atoms with E-state index in [0.717, 1.165) is 12.8 Å². The minimum absolute atomic E-state index is 0.0543. The highest BCUT2D eigenvalue weighted by Gasteiger charge is 2.73. The molecule has 1 aliphatic carbocycles. The first-order valence-electron chi connectivity index (χ1n) is 13.9. The van der Waals surface area contributed by atoms with E-state index in [1.165, 1.54) is 6.07 Å². The highest BCUT2D eigenvalue weighted by atomic mass is 35.5. The summed E-state index contributed by atoms with van der Waals surface area (Å²) in [4.78, 5) is 28.6. The lowest BCUT2D eigenvalue weighted by Gasteiger charge is -2.50. The lowest BCUT2D eigenvalue weighted by molar-refractivity contribution is -0.126. The zero-order chi connectivity index (χ0) is 28.4. The lowest BCUT2D eigenvalue weighted by atomic mass is 9.53. The molecule has 6 rings (SSSR count). The van der Waals surface area contributed by atoms with Crippen LogP contribution in [0.4, 0.5) is 10.1 Å². The van der Waals surface area contributed by atoms with Crippen LogP contribution in [-0.2, 0) is 19.7 Å². The molecule has 2 amide bonds. The van der Waals surface area contributed by atoms with Crippen LogP contribution in [0.3, 0.4) is 0 Å². The van der Waals surface area contributed by atoms with Crippen LogP contribution in [0.5, 0.6) is 0 Å². The Kier molecular flexibility index (Phi) is 6.94. The van der Waals surface area contributed by atoms with E-state index in [9.17, 15) is 14.7 Å². The summed E-state index contributed by atoms with van der Waals surface area (Å²) in [7, 11) is 0. The number of aliphatic hydroxyl groups is 1. The quantitative estimate of drug-likeness (QED) is 0.416. The molecule has 2 spiro atoms. The van der Waals surface area contributed by atoms with Crippen molar-refractivity contribution in [2.45, 2.75) is 81.0 Å². The van der Waals surface area contributed by atoms with Crippen LogP contribution in [0.15, 0.2) is 36.4 Å². The maximum absolute atomic E-state index is 16.0. The Morgan fingerprint density at radius 1 is 1.12 bits per heavy atom. The van der Waals surface area contributed by atoms with Crippen molar-refractivity contribution in [2.75, 3.05) is 18.5 Å². The van der Waals surface area contributed by atoms with Crippen molar-refractivity contribution in [3.8, 4) is 0 Å². The lowest BCUT2D eigenvalue weighted by Crippen LogP contribution is -2.61. The predicted octanol–water partition coefficient (Wildman–Crippen LogP) is 4.68. The van der Waals surface area contributed by atoms with Crippen LogP contribution in [0, 0.1) is 11.2 Å². The number of amides is 2. The minimum atomic E-state index is -1.31. The second-order valence-electron chi connectivity index (χ2n) is 12.6. The fraction of sp³-hybridized carbons (Fsp3) is 0.533. The number of hydrogen-bond acceptors (Lipinski definition) is 5. The molecule has 214 valence electrons. The Morgan fingerprint density at radius 3 is 2.60 bits per heavy atom. The van der Waals surface area contributed by atoms with Gasteiger partial charge in [0.05, 0.1) is 36.4 Å². The van der Waals surface area contributed by atoms with Crippen molar-refractivity contribution in [3.05, 3.63) is 63.4 Å². The maximum Gasteiger partial charge on any atom is 0.238 e. The topological polar surface area (TPSA) is 99.7 Å². The Morgan fingerprint density at radius 2 is 1.88 bits per heavy atom. The Labute approximate surface area is 243 Å². The van der Waals surface area contributed by atoms with Crippen LogP contribution in [0.1, 0.15) is 63.0 Å². The van der Waals surface area contributed by atoms with Crippen LogP contribution in [0.25, 0.3) is 0 Å². The van der Waals surface area contributed by atoms with Gasteiger partial charge in [-0.3, -0.25) is 14.9 Å². The summed E-state index contributed by atoms with van der Waals surface area (Å²) in [6.45, 7) is 4.89. The van der Waals surface area contributed by atoms with Crippen molar-refractivity contribution < 1.29 is 23.8 Å². The average molecular weight is 591 g/mol. The molecule has 3 aliphatic heterocycles. The summed E-state index contributed by atoms with van der Waals surface area (Å²) in [5, 5.41) is 20.2. The zero-order valence-corrected chi connectivity index (χ0v) is 24.0. The summed E-state index contributed by atoms with van der Waals surface area (Å²) >= 11 is 12.6. The molecule has 2 aromatic carbocycles. The molecule has 0 aromatic heterocycles. The van der Waals surface area contributed by atoms with Crippen LogP contribution in [0.2, 0.25) is 10.0 Å². The molecule has 1 saturated carbocycles. The highest BCUT2D eigenvalue weighted by molar-refractivity contribution is 6.31. The van der Waals surface area contributed by atoms with E-state index in [0.29, 0.717) is 35.5 Å². The van der Waals surface area contributed by atoms with Gasteiger partial charge in [0.2, 0.25) is 11.8 Å². The van der Waals surface area contributed by atoms with Gasteiger partial charge in [-0.2, -0.15) is 0 Å². The van der Waals surface area contributed by atoms with Crippen LogP contribution in [-0.4, -0.2) is 53.9 Å². The molecule has 4 N–H and O–H groups in total. The fourth-order valence-corrected chi connectivity index (χ4v) is 7.97. The van der Waals surface area contributed by atoms with E-state index in [2.05, 4.69) is 29.8 Å². The summed E-state index contributed by atoms with van der Waals surface area (Å²) < 4.78 is 21.5. The van der Waals surface area contributed by atoms with Crippen molar-refractivity contribution in [1.82, 2.24) is 10.6 Å². The van der Waals surface area contributed by atoms with Gasteiger partial charge in [-0.1, -0.05) is 55.2 Å². The van der Waals surface area contributed by atoms with Gasteiger partial charge in [0.15, 0.2) is 0 Å². The third kappa shape index (κ3) is 4.26. The Hall–Kier alpha value is -2.23. The number of ether oxygens (including phenoxy) is 1. The van der Waals surface area contributed by atoms with E-state index in [-0.39, 0.29) is 41.0 Å². The van der Waals surface area contributed by atoms with Gasteiger partial charge in [-0.15, -0.1) is 0 Å². The normalized spacial score (nSPS) is 32.2. The van der Waals surface area contributed by atoms with Crippen molar-refractivity contribution in [2.24, 2.45) is 5.41 Å². The molecular formula is C30H34Cl2FN3O4. The number of carbonyl (C=O) groups excluding carboxylic acids is 2. The largest absolute Gasteiger partial charge is 0.391 e. The molecule has 2 aromatic rings. The van der Waals surface area contributed by atoms with Crippen LogP contribution < -0.4 is 16.0 Å². The molecule has 0 bridgehead atoms. The third-order valence-electron chi connectivity index (χ3n) is 9.59. The number of halogens is 3. The smallest absolute Gasteiger partial charge is 0.238 e.